The predicted octanol–water partition coefficient (Wildman–Crippen LogP) is 2.44. The van der Waals surface area contributed by atoms with Gasteiger partial charge in [-0.05, 0) is 17.5 Å². The second kappa shape index (κ2) is 2.76. The Hall–Kier alpha value is -0.960. The predicted molar refractivity (Wildman–Crippen MR) is 51.2 cm³/mol. The maximum absolute atomic E-state index is 12.9. The van der Waals surface area contributed by atoms with E-state index in [1.807, 2.05) is 19.1 Å². The van der Waals surface area contributed by atoms with Crippen LogP contribution in [0.5, 0.6) is 0 Å². The fraction of sp³-hybridized carbons (Fsp3) is 0.455. The van der Waals surface area contributed by atoms with E-state index in [1.54, 1.807) is 12.1 Å². The second-order valence-electron chi connectivity index (χ2n) is 3.90. The van der Waals surface area contributed by atoms with Gasteiger partial charge >= 0.3 is 0 Å². The molecular weight excluding hydrogens is 184 g/mol. The number of benzene rings is 1. The highest BCUT2D eigenvalue weighted by atomic mass is 19.3. The summed E-state index contributed by atoms with van der Waals surface area (Å²) in [6.45, 7) is 2.03. The molecule has 0 spiro atoms. The van der Waals surface area contributed by atoms with Gasteiger partial charge in [-0.2, -0.15) is 0 Å². The zero-order valence-corrected chi connectivity index (χ0v) is 8.06. The number of hydrogen-bond donors (Lipinski definition) is 1. The number of hydrogen-bond acceptors (Lipinski definition) is 1. The summed E-state index contributed by atoms with van der Waals surface area (Å²) in [6.07, 6.45) is 0.680. The van der Waals surface area contributed by atoms with Gasteiger partial charge in [-0.1, -0.05) is 31.2 Å². The van der Waals surface area contributed by atoms with E-state index >= 15 is 0 Å². The summed E-state index contributed by atoms with van der Waals surface area (Å²) < 4.78 is 25.8. The van der Waals surface area contributed by atoms with Crippen LogP contribution in [0.15, 0.2) is 24.3 Å². The minimum Gasteiger partial charge on any atom is -0.316 e. The summed E-state index contributed by atoms with van der Waals surface area (Å²) in [7, 11) is 0. The molecule has 0 bridgehead atoms. The van der Waals surface area contributed by atoms with Gasteiger partial charge in [0.25, 0.3) is 5.92 Å². The Kier molecular flexibility index (Phi) is 1.89. The molecule has 1 atom stereocenters. The minimum atomic E-state index is -2.72. The van der Waals surface area contributed by atoms with Crippen LogP contribution in [0.3, 0.4) is 0 Å². The van der Waals surface area contributed by atoms with Crippen LogP contribution in [0.25, 0.3) is 0 Å². The Morgan fingerprint density at radius 3 is 2.14 bits per heavy atom. The molecule has 1 aliphatic rings. The molecule has 14 heavy (non-hydrogen) atoms. The van der Waals surface area contributed by atoms with E-state index in [9.17, 15) is 8.78 Å². The molecule has 1 aliphatic carbocycles. The van der Waals surface area contributed by atoms with Gasteiger partial charge in [-0.15, -0.1) is 0 Å². The van der Waals surface area contributed by atoms with Crippen molar-refractivity contribution in [2.45, 2.75) is 31.2 Å². The summed E-state index contributed by atoms with van der Waals surface area (Å²) >= 11 is 0. The van der Waals surface area contributed by atoms with Gasteiger partial charge in [0.2, 0.25) is 0 Å². The molecule has 0 heterocycles. The lowest BCUT2D eigenvalue weighted by molar-refractivity contribution is 0.0891. The minimum absolute atomic E-state index is 0.231. The molecule has 0 aromatic heterocycles. The Bertz CT molecular complexity index is 345. The highest BCUT2D eigenvalue weighted by molar-refractivity contribution is 5.37. The molecule has 1 unspecified atom stereocenters. The third-order valence-corrected chi connectivity index (χ3v) is 2.91. The molecule has 0 aliphatic heterocycles. The van der Waals surface area contributed by atoms with Crippen molar-refractivity contribution in [2.75, 3.05) is 0 Å². The maximum Gasteiger partial charge on any atom is 0.272 e. The third kappa shape index (κ3) is 1.23. The van der Waals surface area contributed by atoms with Crippen molar-refractivity contribution >= 4 is 0 Å². The Morgan fingerprint density at radius 2 is 1.79 bits per heavy atom. The average Bonchev–Trinajstić information content (AvgIpc) is 2.68. The van der Waals surface area contributed by atoms with Gasteiger partial charge in [0.1, 0.15) is 5.54 Å². The molecule has 0 radical (unpaired) electrons. The standard InChI is InChI=1S/C11H13F2N/c1-2-8-3-5-9(6-4-8)10(14)7-11(10,12)13/h3-6H,2,7,14H2,1H3. The average molecular weight is 197 g/mol. The molecular formula is C11H13F2N. The first kappa shape index (κ1) is 9.59. The Balaban J connectivity index is 2.27. The van der Waals surface area contributed by atoms with Gasteiger partial charge in [0.05, 0.1) is 0 Å². The molecule has 3 heteroatoms. The molecule has 2 rings (SSSR count). The smallest absolute Gasteiger partial charge is 0.272 e. The van der Waals surface area contributed by atoms with Crippen LogP contribution in [0.4, 0.5) is 8.78 Å². The first-order valence-corrected chi connectivity index (χ1v) is 4.76. The van der Waals surface area contributed by atoms with Gasteiger partial charge in [0.15, 0.2) is 0 Å². The van der Waals surface area contributed by atoms with Crippen molar-refractivity contribution in [3.05, 3.63) is 35.4 Å². The lowest BCUT2D eigenvalue weighted by Gasteiger charge is -2.10. The lowest BCUT2D eigenvalue weighted by atomic mass is 10.0. The first-order chi connectivity index (χ1) is 6.49. The fourth-order valence-electron chi connectivity index (χ4n) is 1.66. The highest BCUT2D eigenvalue weighted by Gasteiger charge is 2.69. The zero-order chi connectivity index (χ0) is 10.4. The molecule has 76 valence electrons. The van der Waals surface area contributed by atoms with Crippen LogP contribution in [0.2, 0.25) is 0 Å². The van der Waals surface area contributed by atoms with Crippen molar-refractivity contribution in [1.29, 1.82) is 0 Å². The van der Waals surface area contributed by atoms with Crippen molar-refractivity contribution in [2.24, 2.45) is 5.73 Å². The quantitative estimate of drug-likeness (QED) is 0.774. The Morgan fingerprint density at radius 1 is 1.29 bits per heavy atom. The van der Waals surface area contributed by atoms with Crippen LogP contribution in [-0.2, 0) is 12.0 Å². The fourth-order valence-corrected chi connectivity index (χ4v) is 1.66. The second-order valence-corrected chi connectivity index (χ2v) is 3.90. The maximum atomic E-state index is 12.9. The summed E-state index contributed by atoms with van der Waals surface area (Å²) in [5, 5.41) is 0. The SMILES string of the molecule is CCc1ccc(C2(N)CC2(F)F)cc1. The summed E-state index contributed by atoms with van der Waals surface area (Å²) in [6, 6.07) is 7.14. The van der Waals surface area contributed by atoms with Crippen molar-refractivity contribution in [1.82, 2.24) is 0 Å². The van der Waals surface area contributed by atoms with E-state index in [4.69, 9.17) is 5.73 Å². The van der Waals surface area contributed by atoms with Crippen molar-refractivity contribution in [3.8, 4) is 0 Å². The van der Waals surface area contributed by atoms with Gasteiger partial charge < -0.3 is 5.73 Å². The molecule has 1 saturated carbocycles. The van der Waals surface area contributed by atoms with Crippen LogP contribution in [0, 0.1) is 0 Å². The molecule has 2 N–H and O–H groups in total. The molecule has 0 saturated heterocycles. The van der Waals surface area contributed by atoms with Gasteiger partial charge in [-0.3, -0.25) is 0 Å². The third-order valence-electron chi connectivity index (χ3n) is 2.91. The lowest BCUT2D eigenvalue weighted by Crippen LogP contribution is -2.26. The number of nitrogens with two attached hydrogens (primary N) is 1. The first-order valence-electron chi connectivity index (χ1n) is 4.76. The molecule has 1 fully saturated rings. The van der Waals surface area contributed by atoms with Gasteiger partial charge in [0, 0.05) is 6.42 Å². The summed E-state index contributed by atoms with van der Waals surface area (Å²) in [5.41, 5.74) is 5.87. The van der Waals surface area contributed by atoms with Crippen LogP contribution >= 0.6 is 0 Å². The normalized spacial score (nSPS) is 28.9. The van der Waals surface area contributed by atoms with E-state index in [0.717, 1.165) is 12.0 Å². The van der Waals surface area contributed by atoms with E-state index in [1.165, 1.54) is 0 Å². The van der Waals surface area contributed by atoms with E-state index in [2.05, 4.69) is 0 Å². The molecule has 1 aromatic rings. The summed E-state index contributed by atoms with van der Waals surface area (Å²) in [5.74, 6) is -2.72. The van der Waals surface area contributed by atoms with Gasteiger partial charge in [-0.25, -0.2) is 8.78 Å². The number of alkyl halides is 2. The van der Waals surface area contributed by atoms with E-state index in [0.29, 0.717) is 5.56 Å². The van der Waals surface area contributed by atoms with Crippen molar-refractivity contribution < 1.29 is 8.78 Å². The van der Waals surface area contributed by atoms with Crippen molar-refractivity contribution in [3.63, 3.8) is 0 Å². The monoisotopic (exact) mass is 197 g/mol. The van der Waals surface area contributed by atoms with E-state index in [-0.39, 0.29) is 6.42 Å². The molecule has 0 amide bonds. The molecule has 1 aromatic carbocycles. The number of halogens is 2. The zero-order valence-electron chi connectivity index (χ0n) is 8.06. The number of rotatable bonds is 2. The van der Waals surface area contributed by atoms with Crippen LogP contribution in [0.1, 0.15) is 24.5 Å². The summed E-state index contributed by atoms with van der Waals surface area (Å²) in [4.78, 5) is 0. The highest BCUT2D eigenvalue weighted by Crippen LogP contribution is 2.57. The van der Waals surface area contributed by atoms with Crippen LogP contribution in [-0.4, -0.2) is 5.92 Å². The Labute approximate surface area is 81.9 Å². The van der Waals surface area contributed by atoms with E-state index < -0.39 is 11.5 Å². The largest absolute Gasteiger partial charge is 0.316 e. The topological polar surface area (TPSA) is 26.0 Å². The molecule has 1 nitrogen and oxygen atoms in total. The number of aryl methyl sites for hydroxylation is 1. The van der Waals surface area contributed by atoms with Crippen LogP contribution < -0.4 is 5.73 Å².